The van der Waals surface area contributed by atoms with Crippen molar-refractivity contribution in [1.82, 2.24) is 0 Å². The summed E-state index contributed by atoms with van der Waals surface area (Å²) in [5.41, 5.74) is 8.20. The monoisotopic (exact) mass is 246 g/mol. The summed E-state index contributed by atoms with van der Waals surface area (Å²) in [6.45, 7) is 2.44. The zero-order valence-corrected chi connectivity index (χ0v) is 10.8. The van der Waals surface area contributed by atoms with Crippen molar-refractivity contribution >= 4 is 5.69 Å². The van der Waals surface area contributed by atoms with Gasteiger partial charge in [-0.2, -0.15) is 0 Å². The Hall–Kier alpha value is -1.06. The van der Waals surface area contributed by atoms with Crippen LogP contribution in [0.2, 0.25) is 0 Å². The Morgan fingerprint density at radius 3 is 2.44 bits per heavy atom. The zero-order valence-electron chi connectivity index (χ0n) is 10.8. The number of hydrogen-bond acceptors (Lipinski definition) is 3. The van der Waals surface area contributed by atoms with Gasteiger partial charge in [0.15, 0.2) is 0 Å². The lowest BCUT2D eigenvalue weighted by Crippen LogP contribution is -2.42. The highest BCUT2D eigenvalue weighted by atomic mass is 16.5. The van der Waals surface area contributed by atoms with Crippen LogP contribution < -0.4 is 10.6 Å². The molecule has 98 valence electrons. The normalized spacial score (nSPS) is 23.9. The fraction of sp³-hybridized carbons (Fsp3) is 0.600. The standard InChI is InChI=1S/C15H22N2O/c16-10-12-3-5-13(6-4-12)17(14-7-8-14)15-2-1-9-18-11-15/h3-6,14-15H,1-2,7-11,16H2. The topological polar surface area (TPSA) is 38.5 Å². The number of rotatable bonds is 4. The Morgan fingerprint density at radius 1 is 1.11 bits per heavy atom. The highest BCUT2D eigenvalue weighted by molar-refractivity contribution is 5.51. The first kappa shape index (κ1) is 12.0. The summed E-state index contributed by atoms with van der Waals surface area (Å²) in [6, 6.07) is 10.0. The van der Waals surface area contributed by atoms with Crippen LogP contribution in [0, 0.1) is 0 Å². The predicted octanol–water partition coefficient (Wildman–Crippen LogP) is 2.29. The summed E-state index contributed by atoms with van der Waals surface area (Å²) in [5.74, 6) is 0. The highest BCUT2D eigenvalue weighted by Crippen LogP contribution is 2.35. The lowest BCUT2D eigenvalue weighted by molar-refractivity contribution is 0.0787. The van der Waals surface area contributed by atoms with Crippen LogP contribution in [-0.4, -0.2) is 25.3 Å². The SMILES string of the molecule is NCc1ccc(N(C2CC2)C2CCCOC2)cc1. The first-order valence-electron chi connectivity index (χ1n) is 7.03. The van der Waals surface area contributed by atoms with Gasteiger partial charge in [0.2, 0.25) is 0 Å². The maximum absolute atomic E-state index is 5.66. The molecule has 2 fully saturated rings. The van der Waals surface area contributed by atoms with Gasteiger partial charge < -0.3 is 15.4 Å². The number of anilines is 1. The van der Waals surface area contributed by atoms with E-state index in [1.54, 1.807) is 0 Å². The Morgan fingerprint density at radius 2 is 1.89 bits per heavy atom. The van der Waals surface area contributed by atoms with E-state index in [0.717, 1.165) is 19.3 Å². The van der Waals surface area contributed by atoms with Crippen LogP contribution in [0.1, 0.15) is 31.2 Å². The molecule has 3 nitrogen and oxygen atoms in total. The second kappa shape index (κ2) is 5.29. The molecule has 0 aromatic heterocycles. The molecule has 1 atom stereocenters. The van der Waals surface area contributed by atoms with Gasteiger partial charge in [-0.3, -0.25) is 0 Å². The molecule has 0 amide bonds. The average Bonchev–Trinajstić information content (AvgIpc) is 3.26. The summed E-state index contributed by atoms with van der Waals surface area (Å²) in [7, 11) is 0. The minimum absolute atomic E-state index is 0.565. The minimum Gasteiger partial charge on any atom is -0.379 e. The number of hydrogen-bond donors (Lipinski definition) is 1. The van der Waals surface area contributed by atoms with Gasteiger partial charge in [-0.1, -0.05) is 12.1 Å². The molecule has 1 aromatic rings. The predicted molar refractivity (Wildman–Crippen MR) is 73.7 cm³/mol. The molecule has 1 aliphatic heterocycles. The van der Waals surface area contributed by atoms with Crippen molar-refractivity contribution in [3.8, 4) is 0 Å². The molecule has 3 heteroatoms. The van der Waals surface area contributed by atoms with E-state index in [1.807, 2.05) is 0 Å². The quantitative estimate of drug-likeness (QED) is 0.886. The molecule has 0 bridgehead atoms. The van der Waals surface area contributed by atoms with E-state index in [2.05, 4.69) is 29.2 Å². The molecule has 1 heterocycles. The Balaban J connectivity index is 1.79. The van der Waals surface area contributed by atoms with Crippen molar-refractivity contribution in [2.75, 3.05) is 18.1 Å². The molecule has 1 aromatic carbocycles. The van der Waals surface area contributed by atoms with Crippen LogP contribution in [-0.2, 0) is 11.3 Å². The van der Waals surface area contributed by atoms with Gasteiger partial charge in [0.1, 0.15) is 0 Å². The lowest BCUT2D eigenvalue weighted by Gasteiger charge is -2.36. The average molecular weight is 246 g/mol. The Kier molecular flexibility index (Phi) is 3.52. The van der Waals surface area contributed by atoms with Crippen LogP contribution in [0.3, 0.4) is 0 Å². The van der Waals surface area contributed by atoms with E-state index in [9.17, 15) is 0 Å². The fourth-order valence-electron chi connectivity index (χ4n) is 2.82. The van der Waals surface area contributed by atoms with Crippen LogP contribution in [0.25, 0.3) is 0 Å². The van der Waals surface area contributed by atoms with Crippen LogP contribution in [0.5, 0.6) is 0 Å². The molecule has 0 radical (unpaired) electrons. The summed E-state index contributed by atoms with van der Waals surface area (Å²) in [5, 5.41) is 0. The molecule has 0 spiro atoms. The third-order valence-electron chi connectivity index (χ3n) is 3.94. The van der Waals surface area contributed by atoms with Crippen molar-refractivity contribution in [3.63, 3.8) is 0 Å². The van der Waals surface area contributed by atoms with Gasteiger partial charge in [0, 0.05) is 24.9 Å². The van der Waals surface area contributed by atoms with Crippen LogP contribution >= 0.6 is 0 Å². The maximum atomic E-state index is 5.66. The number of nitrogens with two attached hydrogens (primary N) is 1. The van der Waals surface area contributed by atoms with Gasteiger partial charge >= 0.3 is 0 Å². The molecule has 1 unspecified atom stereocenters. The largest absolute Gasteiger partial charge is 0.379 e. The minimum atomic E-state index is 0.565. The fourth-order valence-corrected chi connectivity index (χ4v) is 2.82. The van der Waals surface area contributed by atoms with E-state index in [0.29, 0.717) is 12.6 Å². The van der Waals surface area contributed by atoms with Crippen LogP contribution in [0.15, 0.2) is 24.3 Å². The van der Waals surface area contributed by atoms with E-state index in [-0.39, 0.29) is 0 Å². The Bertz CT molecular complexity index is 380. The summed E-state index contributed by atoms with van der Waals surface area (Å²) in [6.07, 6.45) is 5.11. The number of benzene rings is 1. The van der Waals surface area contributed by atoms with Gasteiger partial charge in [-0.15, -0.1) is 0 Å². The first-order valence-corrected chi connectivity index (χ1v) is 7.03. The van der Waals surface area contributed by atoms with E-state index < -0.39 is 0 Å². The number of nitrogens with zero attached hydrogens (tertiary/aromatic N) is 1. The second-order valence-electron chi connectivity index (χ2n) is 5.38. The van der Waals surface area contributed by atoms with Crippen molar-refractivity contribution in [2.24, 2.45) is 5.73 Å². The molecule has 1 saturated carbocycles. The maximum Gasteiger partial charge on any atom is 0.0670 e. The van der Waals surface area contributed by atoms with Crippen LogP contribution in [0.4, 0.5) is 5.69 Å². The van der Waals surface area contributed by atoms with E-state index in [4.69, 9.17) is 10.5 Å². The first-order chi connectivity index (χ1) is 8.88. The second-order valence-corrected chi connectivity index (χ2v) is 5.38. The molecular weight excluding hydrogens is 224 g/mol. The van der Waals surface area contributed by atoms with E-state index >= 15 is 0 Å². The molecule has 3 rings (SSSR count). The third kappa shape index (κ3) is 2.52. The lowest BCUT2D eigenvalue weighted by atomic mass is 10.1. The summed E-state index contributed by atoms with van der Waals surface area (Å²) >= 11 is 0. The van der Waals surface area contributed by atoms with Crippen molar-refractivity contribution in [1.29, 1.82) is 0 Å². The van der Waals surface area contributed by atoms with Crippen molar-refractivity contribution in [3.05, 3.63) is 29.8 Å². The van der Waals surface area contributed by atoms with Gasteiger partial charge in [0.05, 0.1) is 12.6 Å². The zero-order chi connectivity index (χ0) is 12.4. The van der Waals surface area contributed by atoms with E-state index in [1.165, 1.54) is 36.9 Å². The van der Waals surface area contributed by atoms with Gasteiger partial charge in [-0.25, -0.2) is 0 Å². The molecule has 2 N–H and O–H groups in total. The van der Waals surface area contributed by atoms with Gasteiger partial charge in [-0.05, 0) is 43.4 Å². The van der Waals surface area contributed by atoms with Gasteiger partial charge in [0.25, 0.3) is 0 Å². The summed E-state index contributed by atoms with van der Waals surface area (Å²) in [4.78, 5) is 2.58. The van der Waals surface area contributed by atoms with Crippen molar-refractivity contribution < 1.29 is 4.74 Å². The highest BCUT2D eigenvalue weighted by Gasteiger charge is 2.34. The number of ether oxygens (including phenoxy) is 1. The Labute approximate surface area is 109 Å². The molecule has 18 heavy (non-hydrogen) atoms. The summed E-state index contributed by atoms with van der Waals surface area (Å²) < 4.78 is 5.65. The molecule has 1 aliphatic carbocycles. The van der Waals surface area contributed by atoms with Crippen molar-refractivity contribution in [2.45, 2.75) is 44.3 Å². The molecular formula is C15H22N2O. The molecule has 1 saturated heterocycles. The third-order valence-corrected chi connectivity index (χ3v) is 3.94. The molecule has 2 aliphatic rings. The smallest absolute Gasteiger partial charge is 0.0670 e.